The van der Waals surface area contributed by atoms with Crippen molar-refractivity contribution in [2.75, 3.05) is 36.8 Å². The van der Waals surface area contributed by atoms with Crippen molar-refractivity contribution < 1.29 is 14.2 Å². The lowest BCUT2D eigenvalue weighted by Crippen LogP contribution is -2.49. The molecule has 2 aromatic carbocycles. The van der Waals surface area contributed by atoms with Crippen LogP contribution in [0.5, 0.6) is 11.8 Å². The van der Waals surface area contributed by atoms with Crippen LogP contribution in [-0.4, -0.2) is 62.3 Å². The summed E-state index contributed by atoms with van der Waals surface area (Å²) in [5.41, 5.74) is 10.5. The first-order chi connectivity index (χ1) is 18.4. The molecule has 1 unspecified atom stereocenters. The van der Waals surface area contributed by atoms with E-state index in [4.69, 9.17) is 10.5 Å². The minimum Gasteiger partial charge on any atom is -0.421 e. The van der Waals surface area contributed by atoms with Crippen LogP contribution in [0, 0.1) is 12.7 Å². The summed E-state index contributed by atoms with van der Waals surface area (Å²) in [6, 6.07) is 14.3. The molecule has 4 aromatic rings. The van der Waals surface area contributed by atoms with E-state index in [-0.39, 0.29) is 17.6 Å². The molecule has 0 radical (unpaired) electrons. The third-order valence-electron chi connectivity index (χ3n) is 6.48. The van der Waals surface area contributed by atoms with Crippen LogP contribution in [0.25, 0.3) is 22.4 Å². The lowest BCUT2D eigenvalue weighted by molar-refractivity contribution is 0.0380. The maximum absolute atomic E-state index is 15.1. The molecule has 38 heavy (non-hydrogen) atoms. The number of aromatic nitrogens is 4. The SMILES string of the molecule is C=CC(O)N1CCN(c2ccc(-c3ncnc(N)c3-c3ccc(Oc4nccc(C)n4)c(F)c3)cc2)CC1. The van der Waals surface area contributed by atoms with Crippen LogP contribution in [0.15, 0.2) is 73.7 Å². The average molecular weight is 514 g/mol. The molecule has 0 aliphatic carbocycles. The molecular weight excluding hydrogens is 485 g/mol. The van der Waals surface area contributed by atoms with Gasteiger partial charge in [-0.2, -0.15) is 0 Å². The number of halogens is 1. The molecule has 0 bridgehead atoms. The molecule has 1 aliphatic rings. The van der Waals surface area contributed by atoms with E-state index in [9.17, 15) is 5.11 Å². The molecule has 10 heteroatoms. The van der Waals surface area contributed by atoms with Gasteiger partial charge < -0.3 is 20.5 Å². The van der Waals surface area contributed by atoms with Gasteiger partial charge in [0.1, 0.15) is 18.4 Å². The fourth-order valence-electron chi connectivity index (χ4n) is 4.44. The Bertz CT molecular complexity index is 1440. The maximum Gasteiger partial charge on any atom is 0.322 e. The van der Waals surface area contributed by atoms with E-state index in [0.717, 1.165) is 37.4 Å². The molecule has 5 rings (SSSR count). The zero-order chi connectivity index (χ0) is 26.6. The van der Waals surface area contributed by atoms with Gasteiger partial charge in [0.15, 0.2) is 11.6 Å². The van der Waals surface area contributed by atoms with Crippen LogP contribution in [0.4, 0.5) is 15.9 Å². The van der Waals surface area contributed by atoms with Gasteiger partial charge >= 0.3 is 6.01 Å². The van der Waals surface area contributed by atoms with Crippen LogP contribution in [0.2, 0.25) is 0 Å². The van der Waals surface area contributed by atoms with E-state index >= 15 is 4.39 Å². The van der Waals surface area contributed by atoms with Gasteiger partial charge in [-0.25, -0.2) is 24.3 Å². The minimum absolute atomic E-state index is 0.00128. The Labute approximate surface area is 220 Å². The maximum atomic E-state index is 15.1. The monoisotopic (exact) mass is 513 g/mol. The molecule has 0 amide bonds. The van der Waals surface area contributed by atoms with E-state index in [0.29, 0.717) is 22.5 Å². The number of aryl methyl sites for hydroxylation is 1. The minimum atomic E-state index is -0.623. The Hall–Kier alpha value is -4.41. The largest absolute Gasteiger partial charge is 0.421 e. The first-order valence-electron chi connectivity index (χ1n) is 12.2. The lowest BCUT2D eigenvalue weighted by Gasteiger charge is -2.37. The normalized spacial score (nSPS) is 14.8. The number of ether oxygens (including phenoxy) is 1. The number of nitrogen functional groups attached to an aromatic ring is 1. The van der Waals surface area contributed by atoms with Crippen molar-refractivity contribution in [1.29, 1.82) is 0 Å². The van der Waals surface area contributed by atoms with Crippen LogP contribution in [-0.2, 0) is 0 Å². The highest BCUT2D eigenvalue weighted by Gasteiger charge is 2.21. The van der Waals surface area contributed by atoms with Crippen molar-refractivity contribution in [3.05, 3.63) is 85.2 Å². The van der Waals surface area contributed by atoms with Gasteiger partial charge in [-0.3, -0.25) is 4.90 Å². The number of aliphatic hydroxyl groups excluding tert-OH is 1. The van der Waals surface area contributed by atoms with Crippen molar-refractivity contribution in [2.45, 2.75) is 13.2 Å². The zero-order valence-corrected chi connectivity index (χ0v) is 21.0. The number of benzene rings is 2. The number of nitrogens with zero attached hydrogens (tertiary/aromatic N) is 6. The van der Waals surface area contributed by atoms with Crippen molar-refractivity contribution >= 4 is 11.5 Å². The van der Waals surface area contributed by atoms with Crippen molar-refractivity contribution in [3.63, 3.8) is 0 Å². The third kappa shape index (κ3) is 5.31. The molecule has 2 aromatic heterocycles. The molecule has 0 saturated carbocycles. The smallest absolute Gasteiger partial charge is 0.322 e. The van der Waals surface area contributed by atoms with Crippen LogP contribution >= 0.6 is 0 Å². The van der Waals surface area contributed by atoms with Gasteiger partial charge in [0.05, 0.1) is 11.3 Å². The second-order valence-corrected chi connectivity index (χ2v) is 8.93. The molecular formula is C28H28FN7O2. The highest BCUT2D eigenvalue weighted by Crippen LogP contribution is 2.36. The standard InChI is InChI=1S/C28H28FN7O2/c1-3-24(37)36-14-12-35(13-15-36)21-7-4-19(5-8-21)26-25(27(30)33-17-32-26)20-6-9-23(22(29)16-20)38-28-31-11-10-18(2)34-28/h3-11,16-17,24,37H,1,12-15H2,2H3,(H2,30,32,33). The molecule has 194 valence electrons. The second kappa shape index (κ2) is 10.9. The van der Waals surface area contributed by atoms with Gasteiger partial charge in [0, 0.05) is 49.3 Å². The summed E-state index contributed by atoms with van der Waals surface area (Å²) in [6.45, 7) is 8.52. The summed E-state index contributed by atoms with van der Waals surface area (Å²) in [7, 11) is 0. The van der Waals surface area contributed by atoms with Crippen molar-refractivity contribution in [1.82, 2.24) is 24.8 Å². The number of hydrogen-bond acceptors (Lipinski definition) is 9. The van der Waals surface area contributed by atoms with E-state index in [1.54, 1.807) is 31.3 Å². The summed E-state index contributed by atoms with van der Waals surface area (Å²) < 4.78 is 20.6. The fraction of sp³-hybridized carbons (Fsp3) is 0.214. The Morgan fingerprint density at radius 2 is 1.76 bits per heavy atom. The highest BCUT2D eigenvalue weighted by molar-refractivity contribution is 5.87. The Morgan fingerprint density at radius 3 is 2.45 bits per heavy atom. The molecule has 0 spiro atoms. The summed E-state index contributed by atoms with van der Waals surface area (Å²) in [5.74, 6) is -0.342. The molecule has 1 saturated heterocycles. The van der Waals surface area contributed by atoms with Gasteiger partial charge in [-0.1, -0.05) is 24.8 Å². The summed E-state index contributed by atoms with van der Waals surface area (Å²) in [4.78, 5) is 21.0. The molecule has 3 N–H and O–H groups in total. The Kier molecular flexibility index (Phi) is 7.25. The van der Waals surface area contributed by atoms with Crippen molar-refractivity contribution in [3.8, 4) is 34.1 Å². The van der Waals surface area contributed by atoms with Crippen LogP contribution < -0.4 is 15.4 Å². The predicted molar refractivity (Wildman–Crippen MR) is 144 cm³/mol. The molecule has 3 heterocycles. The topological polar surface area (TPSA) is 114 Å². The third-order valence-corrected chi connectivity index (χ3v) is 6.48. The lowest BCUT2D eigenvalue weighted by atomic mass is 9.99. The molecule has 1 fully saturated rings. The quantitative estimate of drug-likeness (QED) is 0.353. The van der Waals surface area contributed by atoms with Gasteiger partial charge in [0.25, 0.3) is 0 Å². The zero-order valence-electron chi connectivity index (χ0n) is 21.0. The highest BCUT2D eigenvalue weighted by atomic mass is 19.1. The summed E-state index contributed by atoms with van der Waals surface area (Å²) in [5, 5.41) is 9.98. The number of aliphatic hydroxyl groups is 1. The first kappa shape index (κ1) is 25.2. The molecule has 1 aliphatic heterocycles. The van der Waals surface area contributed by atoms with Gasteiger partial charge in [-0.15, -0.1) is 0 Å². The summed E-state index contributed by atoms with van der Waals surface area (Å²) in [6.07, 6.45) is 3.87. The van der Waals surface area contributed by atoms with Gasteiger partial charge in [-0.05, 0) is 48.9 Å². The van der Waals surface area contributed by atoms with E-state index < -0.39 is 12.0 Å². The van der Waals surface area contributed by atoms with Crippen LogP contribution in [0.1, 0.15) is 5.69 Å². The number of piperazine rings is 1. The van der Waals surface area contributed by atoms with Crippen molar-refractivity contribution in [2.24, 2.45) is 0 Å². The van der Waals surface area contributed by atoms with E-state index in [1.165, 1.54) is 18.5 Å². The number of rotatable bonds is 7. The van der Waals surface area contributed by atoms with E-state index in [1.807, 2.05) is 29.2 Å². The van der Waals surface area contributed by atoms with Gasteiger partial charge in [0.2, 0.25) is 0 Å². The second-order valence-electron chi connectivity index (χ2n) is 8.93. The van der Waals surface area contributed by atoms with E-state index in [2.05, 4.69) is 31.4 Å². The predicted octanol–water partition coefficient (Wildman–Crippen LogP) is 4.05. The molecule has 9 nitrogen and oxygen atoms in total. The first-order valence-corrected chi connectivity index (χ1v) is 12.2. The average Bonchev–Trinajstić information content (AvgIpc) is 2.94. The fourth-order valence-corrected chi connectivity index (χ4v) is 4.44. The number of anilines is 2. The number of hydrogen-bond donors (Lipinski definition) is 2. The number of nitrogens with two attached hydrogens (primary N) is 1. The summed E-state index contributed by atoms with van der Waals surface area (Å²) >= 11 is 0. The Morgan fingerprint density at radius 1 is 1.03 bits per heavy atom. The van der Waals surface area contributed by atoms with Crippen LogP contribution in [0.3, 0.4) is 0 Å². The Balaban J connectivity index is 1.38. The molecule has 1 atom stereocenters.